The largest absolute Gasteiger partial charge is 0.452 e. The van der Waals surface area contributed by atoms with E-state index in [0.717, 1.165) is 11.3 Å². The highest BCUT2D eigenvalue weighted by molar-refractivity contribution is 5.95. The number of rotatable bonds is 6. The number of aromatic nitrogens is 1. The van der Waals surface area contributed by atoms with Gasteiger partial charge in [0, 0.05) is 17.5 Å². The number of carbonyl (C=O) groups is 3. The van der Waals surface area contributed by atoms with Crippen LogP contribution in [0.2, 0.25) is 0 Å². The Balaban J connectivity index is 1.75. The van der Waals surface area contributed by atoms with Crippen LogP contribution in [0.5, 0.6) is 0 Å². The van der Waals surface area contributed by atoms with Gasteiger partial charge >= 0.3 is 5.97 Å². The topological polar surface area (TPSA) is 111 Å². The standard InChI is InChI=1S/C18H21N3O5/c1-11-15(12(2)26-21-11)9-10-16(22)25-13(3)17(23)19-20-18(24)14-7-5-4-6-8-14/h4-8,13H,9-10H2,1-3H3,(H,19,23)(H,20,24)/t13-/m0/s1. The summed E-state index contributed by atoms with van der Waals surface area (Å²) in [5, 5.41) is 3.82. The third kappa shape index (κ3) is 5.17. The molecule has 0 spiro atoms. The fraction of sp³-hybridized carbons (Fsp3) is 0.333. The molecule has 0 radical (unpaired) electrons. The first-order valence-electron chi connectivity index (χ1n) is 8.15. The van der Waals surface area contributed by atoms with Crippen LogP contribution in [0.4, 0.5) is 0 Å². The van der Waals surface area contributed by atoms with Crippen LogP contribution in [-0.2, 0) is 20.7 Å². The highest BCUT2D eigenvalue weighted by atomic mass is 16.5. The van der Waals surface area contributed by atoms with Gasteiger partial charge in [0.1, 0.15) is 5.76 Å². The van der Waals surface area contributed by atoms with Crippen molar-refractivity contribution in [2.45, 2.75) is 39.7 Å². The van der Waals surface area contributed by atoms with E-state index >= 15 is 0 Å². The maximum atomic E-state index is 11.9. The van der Waals surface area contributed by atoms with E-state index in [9.17, 15) is 14.4 Å². The van der Waals surface area contributed by atoms with Crippen molar-refractivity contribution in [1.29, 1.82) is 0 Å². The molecule has 2 N–H and O–H groups in total. The Morgan fingerprint density at radius 3 is 2.46 bits per heavy atom. The summed E-state index contributed by atoms with van der Waals surface area (Å²) in [5.74, 6) is -0.956. The molecule has 1 aromatic carbocycles. The van der Waals surface area contributed by atoms with Crippen molar-refractivity contribution in [2.24, 2.45) is 0 Å². The molecule has 2 rings (SSSR count). The van der Waals surface area contributed by atoms with Crippen LogP contribution in [0.25, 0.3) is 0 Å². The zero-order chi connectivity index (χ0) is 19.1. The molecule has 2 amide bonds. The smallest absolute Gasteiger partial charge is 0.306 e. The van der Waals surface area contributed by atoms with E-state index in [0.29, 0.717) is 17.7 Å². The van der Waals surface area contributed by atoms with Gasteiger partial charge in [-0.05, 0) is 39.3 Å². The SMILES string of the molecule is Cc1noc(C)c1CCC(=O)O[C@@H](C)C(=O)NNC(=O)c1ccccc1. The van der Waals surface area contributed by atoms with E-state index in [1.165, 1.54) is 6.92 Å². The van der Waals surface area contributed by atoms with E-state index in [1.807, 2.05) is 0 Å². The molecule has 0 aliphatic carbocycles. The molecule has 0 bridgehead atoms. The monoisotopic (exact) mass is 359 g/mol. The second kappa shape index (κ2) is 8.80. The number of nitrogens with one attached hydrogen (secondary N) is 2. The maximum Gasteiger partial charge on any atom is 0.306 e. The number of esters is 1. The predicted octanol–water partition coefficient (Wildman–Crippen LogP) is 1.62. The van der Waals surface area contributed by atoms with Crippen LogP contribution in [0.1, 0.15) is 40.7 Å². The molecule has 1 heterocycles. The molecule has 0 aliphatic rings. The first-order valence-corrected chi connectivity index (χ1v) is 8.15. The Morgan fingerprint density at radius 2 is 1.85 bits per heavy atom. The molecular weight excluding hydrogens is 338 g/mol. The number of aryl methyl sites for hydroxylation is 2. The number of hydrazine groups is 1. The summed E-state index contributed by atoms with van der Waals surface area (Å²) in [5.41, 5.74) is 6.49. The van der Waals surface area contributed by atoms with Crippen molar-refractivity contribution >= 4 is 17.8 Å². The predicted molar refractivity (Wildman–Crippen MR) is 91.9 cm³/mol. The fourth-order valence-electron chi connectivity index (χ4n) is 2.28. The molecule has 138 valence electrons. The van der Waals surface area contributed by atoms with Gasteiger partial charge in [-0.1, -0.05) is 23.4 Å². The van der Waals surface area contributed by atoms with Crippen LogP contribution >= 0.6 is 0 Å². The molecule has 1 atom stereocenters. The van der Waals surface area contributed by atoms with Gasteiger partial charge in [-0.3, -0.25) is 25.2 Å². The van der Waals surface area contributed by atoms with Gasteiger partial charge in [0.15, 0.2) is 6.10 Å². The summed E-state index contributed by atoms with van der Waals surface area (Å²) >= 11 is 0. The van der Waals surface area contributed by atoms with E-state index in [4.69, 9.17) is 9.26 Å². The first-order chi connectivity index (χ1) is 12.4. The molecule has 2 aromatic rings. The Hall–Kier alpha value is -3.16. The minimum absolute atomic E-state index is 0.0941. The quantitative estimate of drug-likeness (QED) is 0.599. The van der Waals surface area contributed by atoms with Gasteiger partial charge in [0.25, 0.3) is 11.8 Å². The Morgan fingerprint density at radius 1 is 1.15 bits per heavy atom. The molecule has 0 saturated heterocycles. The molecule has 26 heavy (non-hydrogen) atoms. The number of carbonyl (C=O) groups excluding carboxylic acids is 3. The Labute approximate surface area is 150 Å². The zero-order valence-corrected chi connectivity index (χ0v) is 14.9. The average Bonchev–Trinajstić information content (AvgIpc) is 2.96. The van der Waals surface area contributed by atoms with Gasteiger partial charge in [-0.15, -0.1) is 0 Å². The van der Waals surface area contributed by atoms with Crippen molar-refractivity contribution < 1.29 is 23.6 Å². The van der Waals surface area contributed by atoms with Crippen molar-refractivity contribution in [3.8, 4) is 0 Å². The Bertz CT molecular complexity index is 766. The Kier molecular flexibility index (Phi) is 6.48. The lowest BCUT2D eigenvalue weighted by molar-refractivity contribution is -0.155. The van der Waals surface area contributed by atoms with E-state index in [1.54, 1.807) is 44.2 Å². The van der Waals surface area contributed by atoms with Gasteiger partial charge in [-0.2, -0.15) is 0 Å². The number of ether oxygens (including phenoxy) is 1. The number of benzene rings is 1. The van der Waals surface area contributed by atoms with Gasteiger partial charge in [-0.25, -0.2) is 0 Å². The van der Waals surface area contributed by atoms with Gasteiger partial charge in [0.05, 0.1) is 5.69 Å². The number of hydrogen-bond donors (Lipinski definition) is 2. The van der Waals surface area contributed by atoms with Crippen molar-refractivity contribution in [3.05, 3.63) is 52.9 Å². The first kappa shape index (κ1) is 19.2. The van der Waals surface area contributed by atoms with Crippen LogP contribution in [-0.4, -0.2) is 29.0 Å². The maximum absolute atomic E-state index is 11.9. The number of amides is 2. The lowest BCUT2D eigenvalue weighted by Crippen LogP contribution is -2.46. The van der Waals surface area contributed by atoms with Crippen LogP contribution in [0, 0.1) is 13.8 Å². The number of nitrogens with zero attached hydrogens (tertiary/aromatic N) is 1. The zero-order valence-electron chi connectivity index (χ0n) is 14.9. The average molecular weight is 359 g/mol. The van der Waals surface area contributed by atoms with Crippen molar-refractivity contribution in [3.63, 3.8) is 0 Å². The summed E-state index contributed by atoms with van der Waals surface area (Å²) in [7, 11) is 0. The summed E-state index contributed by atoms with van der Waals surface area (Å²) in [6.07, 6.45) is -0.529. The normalized spacial score (nSPS) is 11.5. The third-order valence-electron chi connectivity index (χ3n) is 3.77. The lowest BCUT2D eigenvalue weighted by Gasteiger charge is -2.14. The molecular formula is C18H21N3O5. The highest BCUT2D eigenvalue weighted by Crippen LogP contribution is 2.14. The molecule has 0 saturated carbocycles. The molecule has 8 heteroatoms. The van der Waals surface area contributed by atoms with Crippen LogP contribution in [0.3, 0.4) is 0 Å². The minimum Gasteiger partial charge on any atom is -0.452 e. The van der Waals surface area contributed by atoms with E-state index in [-0.39, 0.29) is 6.42 Å². The minimum atomic E-state index is -1.04. The molecule has 0 fully saturated rings. The fourth-order valence-corrected chi connectivity index (χ4v) is 2.28. The van der Waals surface area contributed by atoms with Crippen molar-refractivity contribution in [2.75, 3.05) is 0 Å². The molecule has 1 aromatic heterocycles. The third-order valence-corrected chi connectivity index (χ3v) is 3.77. The highest BCUT2D eigenvalue weighted by Gasteiger charge is 2.19. The van der Waals surface area contributed by atoms with Crippen LogP contribution < -0.4 is 10.9 Å². The molecule has 0 aliphatic heterocycles. The van der Waals surface area contributed by atoms with Gasteiger partial charge in [0.2, 0.25) is 0 Å². The summed E-state index contributed by atoms with van der Waals surface area (Å²) in [4.78, 5) is 35.7. The van der Waals surface area contributed by atoms with Gasteiger partial charge < -0.3 is 9.26 Å². The second-order valence-corrected chi connectivity index (χ2v) is 5.74. The molecule has 8 nitrogen and oxygen atoms in total. The summed E-state index contributed by atoms with van der Waals surface area (Å²) in [6.45, 7) is 4.99. The van der Waals surface area contributed by atoms with Crippen molar-refractivity contribution in [1.82, 2.24) is 16.0 Å². The summed E-state index contributed by atoms with van der Waals surface area (Å²) < 4.78 is 10.1. The lowest BCUT2D eigenvalue weighted by atomic mass is 10.1. The van der Waals surface area contributed by atoms with E-state index < -0.39 is 23.9 Å². The van der Waals surface area contributed by atoms with Crippen LogP contribution in [0.15, 0.2) is 34.9 Å². The van der Waals surface area contributed by atoms with E-state index in [2.05, 4.69) is 16.0 Å². The molecule has 0 unspecified atom stereocenters. The summed E-state index contributed by atoms with van der Waals surface area (Å²) in [6, 6.07) is 8.42. The number of hydrogen-bond acceptors (Lipinski definition) is 6. The second-order valence-electron chi connectivity index (χ2n) is 5.74.